The van der Waals surface area contributed by atoms with Gasteiger partial charge in [0.15, 0.2) is 5.69 Å². The van der Waals surface area contributed by atoms with Gasteiger partial charge in [-0.05, 0) is 29.3 Å². The van der Waals surface area contributed by atoms with Crippen molar-refractivity contribution in [2.45, 2.75) is 6.54 Å². The largest absolute Gasteiger partial charge is 0.378 e. The number of amides is 1. The van der Waals surface area contributed by atoms with Crippen LogP contribution in [0.3, 0.4) is 0 Å². The molecule has 1 heterocycles. The lowest BCUT2D eigenvalue weighted by Gasteiger charge is -2.11. The summed E-state index contributed by atoms with van der Waals surface area (Å²) in [6, 6.07) is 15.5. The second kappa shape index (κ2) is 8.79. The average molecular weight is 392 g/mol. The number of nitro groups is 1. The van der Waals surface area contributed by atoms with Crippen LogP contribution in [0, 0.1) is 10.1 Å². The summed E-state index contributed by atoms with van der Waals surface area (Å²) < 4.78 is 1.58. The van der Waals surface area contributed by atoms with Gasteiger partial charge in [-0.25, -0.2) is 5.43 Å². The van der Waals surface area contributed by atoms with E-state index in [0.29, 0.717) is 6.54 Å². The van der Waals surface area contributed by atoms with Crippen LogP contribution in [0.2, 0.25) is 0 Å². The molecule has 1 amide bonds. The maximum atomic E-state index is 12.2. The van der Waals surface area contributed by atoms with Crippen LogP contribution in [-0.2, 0) is 6.54 Å². The Bertz CT molecular complexity index is 1020. The number of anilines is 1. The van der Waals surface area contributed by atoms with Crippen LogP contribution in [0.1, 0.15) is 21.6 Å². The van der Waals surface area contributed by atoms with E-state index in [2.05, 4.69) is 15.6 Å². The van der Waals surface area contributed by atoms with Crippen molar-refractivity contribution in [3.8, 4) is 0 Å². The first-order valence-corrected chi connectivity index (χ1v) is 8.80. The Morgan fingerprint density at radius 2 is 1.86 bits per heavy atom. The Labute approximate surface area is 167 Å². The highest BCUT2D eigenvalue weighted by Gasteiger charge is 2.09. The van der Waals surface area contributed by atoms with Crippen LogP contribution >= 0.6 is 0 Å². The van der Waals surface area contributed by atoms with Crippen LogP contribution in [-0.4, -0.2) is 40.9 Å². The van der Waals surface area contributed by atoms with Crippen molar-refractivity contribution in [3.05, 3.63) is 87.7 Å². The van der Waals surface area contributed by atoms with E-state index >= 15 is 0 Å². The number of nitrogens with one attached hydrogen (secondary N) is 1. The van der Waals surface area contributed by atoms with E-state index in [1.165, 1.54) is 12.1 Å². The second-order valence-electron chi connectivity index (χ2n) is 6.51. The first kappa shape index (κ1) is 19.7. The van der Waals surface area contributed by atoms with E-state index in [1.807, 2.05) is 43.3 Å². The SMILES string of the molecule is CN(C)c1ccc(/C=N/NC(=O)c2ccn(Cc3ccc([N+](=O)[O-])cc3)n2)cc1. The van der Waals surface area contributed by atoms with Gasteiger partial charge < -0.3 is 4.90 Å². The third kappa shape index (κ3) is 5.25. The van der Waals surface area contributed by atoms with Gasteiger partial charge in [-0.1, -0.05) is 24.3 Å². The Hall–Kier alpha value is -4.01. The normalized spacial score (nSPS) is 10.8. The summed E-state index contributed by atoms with van der Waals surface area (Å²) in [5, 5.41) is 18.9. The van der Waals surface area contributed by atoms with Crippen LogP contribution in [0.5, 0.6) is 0 Å². The number of carbonyl (C=O) groups excluding carboxylic acids is 1. The van der Waals surface area contributed by atoms with Gasteiger partial charge in [0, 0.05) is 38.1 Å². The standard InChI is InChI=1S/C20H20N6O3/c1-24(2)17-7-3-15(4-8-17)13-21-22-20(27)19-11-12-25(23-19)14-16-5-9-18(10-6-16)26(28)29/h3-13H,14H2,1-2H3,(H,22,27)/b21-13+. The average Bonchev–Trinajstić information content (AvgIpc) is 3.17. The quantitative estimate of drug-likeness (QED) is 0.378. The Morgan fingerprint density at radius 1 is 1.17 bits per heavy atom. The molecule has 9 heteroatoms. The van der Waals surface area contributed by atoms with Crippen molar-refractivity contribution in [1.29, 1.82) is 0 Å². The molecule has 0 aliphatic rings. The maximum absolute atomic E-state index is 12.2. The molecular formula is C20H20N6O3. The van der Waals surface area contributed by atoms with Gasteiger partial charge in [0.1, 0.15) is 0 Å². The van der Waals surface area contributed by atoms with Crippen molar-refractivity contribution >= 4 is 23.5 Å². The third-order valence-corrected chi connectivity index (χ3v) is 4.15. The minimum atomic E-state index is -0.447. The predicted octanol–water partition coefficient (Wildman–Crippen LogP) is 2.67. The molecule has 29 heavy (non-hydrogen) atoms. The molecular weight excluding hydrogens is 372 g/mol. The minimum absolute atomic E-state index is 0.0310. The van der Waals surface area contributed by atoms with Crippen molar-refractivity contribution < 1.29 is 9.72 Å². The molecule has 2 aromatic carbocycles. The van der Waals surface area contributed by atoms with Crippen molar-refractivity contribution in [2.24, 2.45) is 5.10 Å². The summed E-state index contributed by atoms with van der Waals surface area (Å²) in [6.45, 7) is 0.396. The fourth-order valence-electron chi connectivity index (χ4n) is 2.56. The number of hydrogen-bond donors (Lipinski definition) is 1. The lowest BCUT2D eigenvalue weighted by Crippen LogP contribution is -2.18. The molecule has 0 aliphatic carbocycles. The molecule has 3 rings (SSSR count). The van der Waals surface area contributed by atoms with Crippen molar-refractivity contribution in [2.75, 3.05) is 19.0 Å². The Balaban J connectivity index is 1.56. The zero-order valence-electron chi connectivity index (χ0n) is 16.0. The fraction of sp³-hybridized carbons (Fsp3) is 0.150. The van der Waals surface area contributed by atoms with E-state index in [4.69, 9.17) is 0 Å². The molecule has 0 atom stereocenters. The van der Waals surface area contributed by atoms with E-state index in [-0.39, 0.29) is 11.4 Å². The third-order valence-electron chi connectivity index (χ3n) is 4.15. The number of hydrazone groups is 1. The molecule has 1 aromatic heterocycles. The molecule has 1 N–H and O–H groups in total. The Morgan fingerprint density at radius 3 is 2.48 bits per heavy atom. The number of benzene rings is 2. The summed E-state index contributed by atoms with van der Waals surface area (Å²) in [5.74, 6) is -0.423. The number of hydrogen-bond acceptors (Lipinski definition) is 6. The van der Waals surface area contributed by atoms with Gasteiger partial charge in [-0.15, -0.1) is 0 Å². The predicted molar refractivity (Wildman–Crippen MR) is 110 cm³/mol. The number of nitrogens with zero attached hydrogens (tertiary/aromatic N) is 5. The molecule has 0 radical (unpaired) electrons. The summed E-state index contributed by atoms with van der Waals surface area (Å²) in [4.78, 5) is 24.4. The lowest BCUT2D eigenvalue weighted by atomic mass is 10.2. The summed E-state index contributed by atoms with van der Waals surface area (Å²) >= 11 is 0. The van der Waals surface area contributed by atoms with Crippen molar-refractivity contribution in [1.82, 2.24) is 15.2 Å². The van der Waals surface area contributed by atoms with Gasteiger partial charge in [0.25, 0.3) is 11.6 Å². The number of carbonyl (C=O) groups is 1. The van der Waals surface area contributed by atoms with Gasteiger partial charge in [0.2, 0.25) is 0 Å². The smallest absolute Gasteiger partial charge is 0.291 e. The number of aromatic nitrogens is 2. The van der Waals surface area contributed by atoms with Crippen LogP contribution in [0.25, 0.3) is 0 Å². The summed E-state index contributed by atoms with van der Waals surface area (Å²) in [7, 11) is 3.92. The minimum Gasteiger partial charge on any atom is -0.378 e. The molecule has 0 unspecified atom stereocenters. The van der Waals surface area contributed by atoms with Crippen LogP contribution < -0.4 is 10.3 Å². The van der Waals surface area contributed by atoms with E-state index in [1.54, 1.807) is 35.3 Å². The zero-order valence-corrected chi connectivity index (χ0v) is 16.0. The molecule has 148 valence electrons. The highest BCUT2D eigenvalue weighted by molar-refractivity contribution is 5.93. The summed E-state index contributed by atoms with van der Waals surface area (Å²) in [6.07, 6.45) is 3.23. The molecule has 3 aromatic rings. The fourth-order valence-corrected chi connectivity index (χ4v) is 2.56. The van der Waals surface area contributed by atoms with Gasteiger partial charge in [-0.3, -0.25) is 19.6 Å². The van der Waals surface area contributed by atoms with Gasteiger partial charge in [0.05, 0.1) is 17.7 Å². The Kier molecular flexibility index (Phi) is 5.98. The van der Waals surface area contributed by atoms with E-state index < -0.39 is 10.8 Å². The number of nitro benzene ring substituents is 1. The van der Waals surface area contributed by atoms with Crippen LogP contribution in [0.15, 0.2) is 65.9 Å². The number of non-ortho nitro benzene ring substituents is 1. The second-order valence-corrected chi connectivity index (χ2v) is 6.51. The molecule has 0 bridgehead atoms. The molecule has 0 fully saturated rings. The van der Waals surface area contributed by atoms with E-state index in [9.17, 15) is 14.9 Å². The van der Waals surface area contributed by atoms with Gasteiger partial charge in [-0.2, -0.15) is 10.2 Å². The monoisotopic (exact) mass is 392 g/mol. The topological polar surface area (TPSA) is 106 Å². The molecule has 0 saturated carbocycles. The zero-order chi connectivity index (χ0) is 20.8. The molecule has 0 spiro atoms. The molecule has 0 saturated heterocycles. The van der Waals surface area contributed by atoms with Crippen molar-refractivity contribution in [3.63, 3.8) is 0 Å². The first-order chi connectivity index (χ1) is 13.9. The highest BCUT2D eigenvalue weighted by Crippen LogP contribution is 2.13. The van der Waals surface area contributed by atoms with Gasteiger partial charge >= 0.3 is 0 Å². The molecule has 9 nitrogen and oxygen atoms in total. The van der Waals surface area contributed by atoms with E-state index in [0.717, 1.165) is 16.8 Å². The first-order valence-electron chi connectivity index (χ1n) is 8.80. The summed E-state index contributed by atoms with van der Waals surface area (Å²) in [5.41, 5.74) is 5.48. The van der Waals surface area contributed by atoms with Crippen LogP contribution in [0.4, 0.5) is 11.4 Å². The molecule has 0 aliphatic heterocycles. The maximum Gasteiger partial charge on any atom is 0.291 e. The lowest BCUT2D eigenvalue weighted by molar-refractivity contribution is -0.384. The number of rotatable bonds is 7. The highest BCUT2D eigenvalue weighted by atomic mass is 16.6.